The molecule has 64 heavy (non-hydrogen) atoms. The van der Waals surface area contributed by atoms with Gasteiger partial charge >= 0.3 is 0 Å². The Morgan fingerprint density at radius 2 is 0.938 bits per heavy atom. The van der Waals surface area contributed by atoms with Gasteiger partial charge in [-0.1, -0.05) is 188 Å². The van der Waals surface area contributed by atoms with Crippen LogP contribution in [-0.2, 0) is 0 Å². The van der Waals surface area contributed by atoms with Gasteiger partial charge in [-0.25, -0.2) is 0 Å². The molecule has 0 radical (unpaired) electrons. The molecule has 10 aromatic rings. The molecule has 2 nitrogen and oxygen atoms in total. The summed E-state index contributed by atoms with van der Waals surface area (Å²) in [5, 5.41) is 2.48. The van der Waals surface area contributed by atoms with Crippen LogP contribution >= 0.6 is 0 Å². The highest BCUT2D eigenvalue weighted by atomic mass is 15.2. The second-order valence-corrected chi connectivity index (χ2v) is 16.9. The molecule has 0 fully saturated rings. The van der Waals surface area contributed by atoms with Gasteiger partial charge in [0.25, 0.3) is 0 Å². The zero-order valence-electron chi connectivity index (χ0n) is 35.3. The molecule has 1 aliphatic heterocycles. The Bertz CT molecular complexity index is 3320. The van der Waals surface area contributed by atoms with Crippen LogP contribution in [0.15, 0.2) is 249 Å². The highest BCUT2D eigenvalue weighted by Crippen LogP contribution is 2.56. The topological polar surface area (TPSA) is 6.48 Å². The summed E-state index contributed by atoms with van der Waals surface area (Å²) in [5.41, 5.74) is 19.4. The molecule has 10 aromatic carbocycles. The van der Waals surface area contributed by atoms with Crippen molar-refractivity contribution in [1.29, 1.82) is 0 Å². The Hall–Kier alpha value is -8.20. The Labute approximate surface area is 375 Å². The predicted octanol–water partition coefficient (Wildman–Crippen LogP) is 17.0. The van der Waals surface area contributed by atoms with Crippen molar-refractivity contribution in [1.82, 2.24) is 0 Å². The van der Waals surface area contributed by atoms with E-state index in [1.807, 2.05) is 0 Å². The van der Waals surface area contributed by atoms with Crippen LogP contribution < -0.4 is 9.80 Å². The van der Waals surface area contributed by atoms with E-state index in [0.717, 1.165) is 17.1 Å². The van der Waals surface area contributed by atoms with Crippen LogP contribution in [-0.4, -0.2) is 0 Å². The average molecular weight is 817 g/mol. The van der Waals surface area contributed by atoms with Gasteiger partial charge in [0.05, 0.1) is 6.04 Å². The minimum Gasteiger partial charge on any atom is -0.333 e. The van der Waals surface area contributed by atoms with Crippen LogP contribution in [0.1, 0.15) is 28.7 Å². The molecule has 2 unspecified atom stereocenters. The normalized spacial score (nSPS) is 14.8. The van der Waals surface area contributed by atoms with E-state index < -0.39 is 0 Å². The lowest BCUT2D eigenvalue weighted by molar-refractivity contribution is 0.667. The van der Waals surface area contributed by atoms with Gasteiger partial charge in [0.15, 0.2) is 0 Å². The molecule has 1 heterocycles. The summed E-state index contributed by atoms with van der Waals surface area (Å²) in [6.07, 6.45) is 4.70. The molecule has 2 heteroatoms. The van der Waals surface area contributed by atoms with Crippen molar-refractivity contribution in [3.8, 4) is 44.5 Å². The molecule has 0 N–H and O–H groups in total. The first-order chi connectivity index (χ1) is 31.7. The van der Waals surface area contributed by atoms with E-state index in [1.54, 1.807) is 0 Å². The summed E-state index contributed by atoms with van der Waals surface area (Å²) >= 11 is 0. The second kappa shape index (κ2) is 15.9. The number of fused-ring (bicyclic) bond motifs is 6. The lowest BCUT2D eigenvalue weighted by Crippen LogP contribution is -2.23. The molecule has 1 aliphatic carbocycles. The van der Waals surface area contributed by atoms with Crippen molar-refractivity contribution in [3.63, 3.8) is 0 Å². The number of para-hydroxylation sites is 2. The number of benzene rings is 10. The minimum atomic E-state index is 0.209. The maximum atomic E-state index is 2.55. The first-order valence-electron chi connectivity index (χ1n) is 22.2. The van der Waals surface area contributed by atoms with E-state index in [-0.39, 0.29) is 6.04 Å². The van der Waals surface area contributed by atoms with E-state index in [1.165, 1.54) is 83.3 Å². The van der Waals surface area contributed by atoms with E-state index in [9.17, 15) is 0 Å². The van der Waals surface area contributed by atoms with E-state index >= 15 is 0 Å². The van der Waals surface area contributed by atoms with Gasteiger partial charge < -0.3 is 9.80 Å². The zero-order valence-corrected chi connectivity index (χ0v) is 35.3. The second-order valence-electron chi connectivity index (χ2n) is 16.9. The van der Waals surface area contributed by atoms with Crippen LogP contribution in [0.5, 0.6) is 0 Å². The van der Waals surface area contributed by atoms with E-state index in [4.69, 9.17) is 0 Å². The number of hydrogen-bond acceptors (Lipinski definition) is 2. The highest BCUT2D eigenvalue weighted by molar-refractivity contribution is 6.00. The first kappa shape index (κ1) is 37.6. The summed E-state index contributed by atoms with van der Waals surface area (Å²) in [6, 6.07) is 88.8. The van der Waals surface area contributed by atoms with Crippen LogP contribution in [0, 0.1) is 0 Å². The fourth-order valence-corrected chi connectivity index (χ4v) is 10.2. The van der Waals surface area contributed by atoms with Crippen LogP contribution in [0.2, 0.25) is 0 Å². The van der Waals surface area contributed by atoms with Crippen molar-refractivity contribution in [2.45, 2.75) is 12.0 Å². The molecule has 0 spiro atoms. The molecule has 302 valence electrons. The zero-order chi connectivity index (χ0) is 42.4. The Morgan fingerprint density at radius 1 is 0.359 bits per heavy atom. The monoisotopic (exact) mass is 816 g/mol. The minimum absolute atomic E-state index is 0.209. The smallest absolute Gasteiger partial charge is 0.0701 e. The first-order valence-corrected chi connectivity index (χ1v) is 22.2. The van der Waals surface area contributed by atoms with Crippen LogP contribution in [0.3, 0.4) is 0 Å². The predicted molar refractivity (Wildman–Crippen MR) is 270 cm³/mol. The molecule has 0 saturated heterocycles. The largest absolute Gasteiger partial charge is 0.333 e. The van der Waals surface area contributed by atoms with Gasteiger partial charge in [0.2, 0.25) is 0 Å². The average Bonchev–Trinajstić information content (AvgIpc) is 3.72. The van der Waals surface area contributed by atoms with Gasteiger partial charge in [-0.05, 0) is 139 Å². The Balaban J connectivity index is 0.934. The standard InChI is InChI=1S/C62H44N2/c1-4-16-43(17-5-1)49-40-48-21-11-12-24-54(48)59(41-49)47-30-33-51(34-31-47)63(50-22-8-3-9-23-50)53-37-39-55(60(42-53)44-18-6-2-7-19-44)46-28-35-52(36-29-46)64-61-27-15-14-26-57(61)58-38-32-45-20-10-13-25-56(45)62(58)64/h1-42,58,62H. The highest BCUT2D eigenvalue weighted by Gasteiger charge is 2.41. The third kappa shape index (κ3) is 6.60. The molecule has 0 bridgehead atoms. The third-order valence-electron chi connectivity index (χ3n) is 13.2. The Morgan fingerprint density at radius 3 is 1.72 bits per heavy atom. The van der Waals surface area contributed by atoms with Gasteiger partial charge in [0.1, 0.15) is 0 Å². The molecular formula is C62H44N2. The maximum absolute atomic E-state index is 2.55. The van der Waals surface area contributed by atoms with E-state index in [0.29, 0.717) is 5.92 Å². The summed E-state index contributed by atoms with van der Waals surface area (Å²) in [7, 11) is 0. The lowest BCUT2D eigenvalue weighted by atomic mass is 9.83. The van der Waals surface area contributed by atoms with Gasteiger partial charge in [0, 0.05) is 34.4 Å². The van der Waals surface area contributed by atoms with Gasteiger partial charge in [-0.15, -0.1) is 0 Å². The molecular weight excluding hydrogens is 773 g/mol. The van der Waals surface area contributed by atoms with Gasteiger partial charge in [-0.2, -0.15) is 0 Å². The van der Waals surface area contributed by atoms with Crippen molar-refractivity contribution in [3.05, 3.63) is 265 Å². The molecule has 12 rings (SSSR count). The third-order valence-corrected chi connectivity index (χ3v) is 13.2. The summed E-state index contributed by atoms with van der Waals surface area (Å²) < 4.78 is 0. The summed E-state index contributed by atoms with van der Waals surface area (Å²) in [4.78, 5) is 4.93. The number of rotatable bonds is 8. The summed E-state index contributed by atoms with van der Waals surface area (Å²) in [5.74, 6) is 0.303. The molecule has 2 aliphatic rings. The maximum Gasteiger partial charge on any atom is 0.0701 e. The fraction of sp³-hybridized carbons (Fsp3) is 0.0323. The summed E-state index contributed by atoms with van der Waals surface area (Å²) in [6.45, 7) is 0. The van der Waals surface area contributed by atoms with Crippen molar-refractivity contribution in [2.75, 3.05) is 9.80 Å². The van der Waals surface area contributed by atoms with Crippen LogP contribution in [0.25, 0.3) is 61.4 Å². The quantitative estimate of drug-likeness (QED) is 0.151. The van der Waals surface area contributed by atoms with E-state index in [2.05, 4.69) is 265 Å². The van der Waals surface area contributed by atoms with Crippen molar-refractivity contribution in [2.24, 2.45) is 0 Å². The lowest BCUT2D eigenvalue weighted by Gasteiger charge is -2.33. The fourth-order valence-electron chi connectivity index (χ4n) is 10.2. The van der Waals surface area contributed by atoms with Crippen LogP contribution in [0.4, 0.5) is 28.4 Å². The van der Waals surface area contributed by atoms with Crippen molar-refractivity contribution < 1.29 is 0 Å². The number of nitrogens with zero attached hydrogens (tertiary/aromatic N) is 2. The number of anilines is 5. The molecule has 0 saturated carbocycles. The SMILES string of the molecule is C1=CC2c3ccccc3N(c3ccc(-c4ccc(N(c5ccccc5)c5ccc(-c6cc(-c7ccccc7)cc7ccccc67)cc5)cc4-c4ccccc4)cc3)C2c2ccccc21. The molecule has 0 amide bonds. The number of hydrogen-bond donors (Lipinski definition) is 0. The van der Waals surface area contributed by atoms with Crippen molar-refractivity contribution >= 4 is 45.3 Å². The Kier molecular flexibility index (Phi) is 9.34. The van der Waals surface area contributed by atoms with Gasteiger partial charge in [-0.3, -0.25) is 0 Å². The molecule has 2 atom stereocenters. The molecule has 0 aromatic heterocycles.